The van der Waals surface area contributed by atoms with E-state index >= 15 is 0 Å². The highest BCUT2D eigenvalue weighted by Gasteiger charge is 2.27. The molecule has 0 amide bonds. The van der Waals surface area contributed by atoms with Crippen molar-refractivity contribution in [1.29, 1.82) is 0 Å². The molecule has 1 aliphatic carbocycles. The fourth-order valence-electron chi connectivity index (χ4n) is 2.32. The zero-order valence-electron chi connectivity index (χ0n) is 10.5. The molecule has 92 valence electrons. The Morgan fingerprint density at radius 3 is 3.06 bits per heavy atom. The van der Waals surface area contributed by atoms with E-state index in [0.29, 0.717) is 0 Å². The van der Waals surface area contributed by atoms with E-state index in [1.54, 1.807) is 6.07 Å². The van der Waals surface area contributed by atoms with Crippen LogP contribution in [0.25, 0.3) is 0 Å². The molecule has 1 aromatic carbocycles. The van der Waals surface area contributed by atoms with Gasteiger partial charge in [0.15, 0.2) is 5.78 Å². The van der Waals surface area contributed by atoms with Crippen LogP contribution in [0, 0.1) is 18.3 Å². The molecule has 0 saturated carbocycles. The molecule has 0 spiro atoms. The van der Waals surface area contributed by atoms with E-state index in [9.17, 15) is 4.79 Å². The van der Waals surface area contributed by atoms with Gasteiger partial charge in [0.1, 0.15) is 12.4 Å². The van der Waals surface area contributed by atoms with E-state index in [-0.39, 0.29) is 18.3 Å². The lowest BCUT2D eigenvalue weighted by molar-refractivity contribution is 0.0924. The Balaban J connectivity index is 2.27. The van der Waals surface area contributed by atoms with E-state index < -0.39 is 0 Å². The van der Waals surface area contributed by atoms with Crippen LogP contribution in [0.2, 0.25) is 0 Å². The Labute approximate surface area is 108 Å². The average Bonchev–Trinajstić information content (AvgIpc) is 2.36. The van der Waals surface area contributed by atoms with E-state index in [0.717, 1.165) is 35.3 Å². The molecule has 1 aliphatic rings. The zero-order chi connectivity index (χ0) is 13.1. The van der Waals surface area contributed by atoms with Crippen LogP contribution in [0.5, 0.6) is 5.75 Å². The van der Waals surface area contributed by atoms with E-state index in [1.807, 2.05) is 19.1 Å². The summed E-state index contributed by atoms with van der Waals surface area (Å²) in [7, 11) is 0. The van der Waals surface area contributed by atoms with Gasteiger partial charge in [-0.15, -0.1) is 6.42 Å². The van der Waals surface area contributed by atoms with Crippen LogP contribution in [0.3, 0.4) is 0 Å². The first-order valence-corrected chi connectivity index (χ1v) is 6.02. The van der Waals surface area contributed by atoms with Gasteiger partial charge in [0, 0.05) is 11.5 Å². The molecule has 2 heteroatoms. The normalized spacial score (nSPS) is 17.8. The summed E-state index contributed by atoms with van der Waals surface area (Å²) < 4.78 is 5.37. The second-order valence-electron chi connectivity index (χ2n) is 4.61. The highest BCUT2D eigenvalue weighted by molar-refractivity contribution is 6.01. The van der Waals surface area contributed by atoms with Gasteiger partial charge in [0.2, 0.25) is 0 Å². The number of allylic oxidation sites excluding steroid dienone is 1. The van der Waals surface area contributed by atoms with Gasteiger partial charge < -0.3 is 4.74 Å². The number of Topliss-reactive ketones (excluding diaryl/α,β-unsaturated/α-hetero) is 1. The summed E-state index contributed by atoms with van der Waals surface area (Å²) in [6.45, 7) is 6.06. The van der Waals surface area contributed by atoms with Gasteiger partial charge in [-0.05, 0) is 43.5 Å². The van der Waals surface area contributed by atoms with Crippen LogP contribution < -0.4 is 4.74 Å². The number of rotatable bonds is 3. The first-order chi connectivity index (χ1) is 8.63. The standard InChI is InChI=1S/C16H16O2/c1-4-9-18-13-6-8-15-12(10-13)5-7-14(11(2)3)16(15)17/h1,6,8,10,14H,2,5,7,9H2,3H3. The van der Waals surface area contributed by atoms with Crippen LogP contribution in [0.1, 0.15) is 29.3 Å². The number of benzene rings is 1. The lowest BCUT2D eigenvalue weighted by Crippen LogP contribution is -2.23. The average molecular weight is 240 g/mol. The van der Waals surface area contributed by atoms with Gasteiger partial charge in [-0.25, -0.2) is 0 Å². The van der Waals surface area contributed by atoms with E-state index in [2.05, 4.69) is 12.5 Å². The Bertz CT molecular complexity index is 535. The summed E-state index contributed by atoms with van der Waals surface area (Å²) in [5, 5.41) is 0. The summed E-state index contributed by atoms with van der Waals surface area (Å²) in [6.07, 6.45) is 6.86. The van der Waals surface area contributed by atoms with Gasteiger partial charge in [-0.3, -0.25) is 4.79 Å². The summed E-state index contributed by atoms with van der Waals surface area (Å²) in [5.74, 6) is 3.30. The van der Waals surface area contributed by atoms with Crippen LogP contribution in [-0.2, 0) is 6.42 Å². The Kier molecular flexibility index (Phi) is 3.53. The molecule has 0 aromatic heterocycles. The van der Waals surface area contributed by atoms with Crippen molar-refractivity contribution in [2.75, 3.05) is 6.61 Å². The summed E-state index contributed by atoms with van der Waals surface area (Å²) in [6, 6.07) is 5.55. The topological polar surface area (TPSA) is 26.3 Å². The van der Waals surface area contributed by atoms with Crippen LogP contribution >= 0.6 is 0 Å². The zero-order valence-corrected chi connectivity index (χ0v) is 10.5. The van der Waals surface area contributed by atoms with Crippen molar-refractivity contribution in [2.24, 2.45) is 5.92 Å². The second-order valence-corrected chi connectivity index (χ2v) is 4.61. The molecule has 2 rings (SSSR count). The SMILES string of the molecule is C#CCOc1ccc2c(c1)CCC(C(=C)C)C2=O. The third-order valence-corrected chi connectivity index (χ3v) is 3.28. The second kappa shape index (κ2) is 5.10. The fourth-order valence-corrected chi connectivity index (χ4v) is 2.32. The van der Waals surface area contributed by atoms with E-state index in [4.69, 9.17) is 11.2 Å². The predicted molar refractivity (Wildman–Crippen MR) is 71.7 cm³/mol. The first kappa shape index (κ1) is 12.4. The van der Waals surface area contributed by atoms with Crippen molar-refractivity contribution < 1.29 is 9.53 Å². The molecule has 0 N–H and O–H groups in total. The first-order valence-electron chi connectivity index (χ1n) is 6.02. The number of carbonyl (C=O) groups is 1. The number of ether oxygens (including phenoxy) is 1. The maximum absolute atomic E-state index is 12.2. The molecule has 0 aliphatic heterocycles. The Morgan fingerprint density at radius 2 is 2.39 bits per heavy atom. The molecule has 0 heterocycles. The number of ketones is 1. The number of fused-ring (bicyclic) bond motifs is 1. The van der Waals surface area contributed by atoms with Crippen LogP contribution in [0.15, 0.2) is 30.4 Å². The number of terminal acetylenes is 1. The van der Waals surface area contributed by atoms with Crippen LogP contribution in [-0.4, -0.2) is 12.4 Å². The Morgan fingerprint density at radius 1 is 1.61 bits per heavy atom. The van der Waals surface area contributed by atoms with Crippen molar-refractivity contribution >= 4 is 5.78 Å². The lowest BCUT2D eigenvalue weighted by Gasteiger charge is -2.23. The number of aryl methyl sites for hydroxylation is 1. The monoisotopic (exact) mass is 240 g/mol. The van der Waals surface area contributed by atoms with Gasteiger partial charge >= 0.3 is 0 Å². The fraction of sp³-hybridized carbons (Fsp3) is 0.312. The largest absolute Gasteiger partial charge is 0.481 e. The van der Waals surface area contributed by atoms with Crippen molar-refractivity contribution in [2.45, 2.75) is 19.8 Å². The molecule has 18 heavy (non-hydrogen) atoms. The summed E-state index contributed by atoms with van der Waals surface area (Å²) >= 11 is 0. The van der Waals surface area contributed by atoms with Crippen LogP contribution in [0.4, 0.5) is 0 Å². The highest BCUT2D eigenvalue weighted by atomic mass is 16.5. The molecule has 1 aromatic rings. The molecular formula is C16H16O2. The van der Waals surface area contributed by atoms with Crippen molar-refractivity contribution in [3.8, 4) is 18.1 Å². The van der Waals surface area contributed by atoms with Gasteiger partial charge in [0.25, 0.3) is 0 Å². The van der Waals surface area contributed by atoms with Gasteiger partial charge in [-0.2, -0.15) is 0 Å². The molecule has 0 fully saturated rings. The molecule has 1 atom stereocenters. The van der Waals surface area contributed by atoms with Gasteiger partial charge in [-0.1, -0.05) is 18.1 Å². The molecule has 2 nitrogen and oxygen atoms in total. The van der Waals surface area contributed by atoms with Gasteiger partial charge in [0.05, 0.1) is 0 Å². The minimum Gasteiger partial charge on any atom is -0.481 e. The molecule has 0 saturated heterocycles. The third-order valence-electron chi connectivity index (χ3n) is 3.28. The van der Waals surface area contributed by atoms with Crippen molar-refractivity contribution in [3.63, 3.8) is 0 Å². The minimum atomic E-state index is -0.0324. The summed E-state index contributed by atoms with van der Waals surface area (Å²) in [5.41, 5.74) is 2.78. The van der Waals surface area contributed by atoms with Crippen molar-refractivity contribution in [3.05, 3.63) is 41.5 Å². The number of carbonyl (C=O) groups excluding carboxylic acids is 1. The predicted octanol–water partition coefficient (Wildman–Crippen LogP) is 3.02. The minimum absolute atomic E-state index is 0.0324. The molecule has 0 radical (unpaired) electrons. The highest BCUT2D eigenvalue weighted by Crippen LogP contribution is 2.31. The maximum Gasteiger partial charge on any atom is 0.170 e. The quantitative estimate of drug-likeness (QED) is 0.599. The molecule has 0 bridgehead atoms. The maximum atomic E-state index is 12.2. The molecular weight excluding hydrogens is 224 g/mol. The Hall–Kier alpha value is -2.01. The number of hydrogen-bond donors (Lipinski definition) is 0. The van der Waals surface area contributed by atoms with Crippen molar-refractivity contribution in [1.82, 2.24) is 0 Å². The smallest absolute Gasteiger partial charge is 0.170 e. The summed E-state index contributed by atoms with van der Waals surface area (Å²) in [4.78, 5) is 12.2. The molecule has 1 unspecified atom stereocenters. The lowest BCUT2D eigenvalue weighted by atomic mass is 9.79. The number of hydrogen-bond acceptors (Lipinski definition) is 2. The van der Waals surface area contributed by atoms with E-state index in [1.165, 1.54) is 0 Å². The third kappa shape index (κ3) is 2.31.